The molecule has 0 aromatic rings. The van der Waals surface area contributed by atoms with E-state index >= 15 is 0 Å². The number of aldehydes is 1. The van der Waals surface area contributed by atoms with E-state index in [0.717, 1.165) is 25.5 Å². The Bertz CT molecular complexity index is 208. The summed E-state index contributed by atoms with van der Waals surface area (Å²) in [6, 6.07) is 0. The van der Waals surface area contributed by atoms with Crippen LogP contribution < -0.4 is 0 Å². The van der Waals surface area contributed by atoms with E-state index in [1.807, 2.05) is 0 Å². The molecule has 0 aromatic carbocycles. The summed E-state index contributed by atoms with van der Waals surface area (Å²) in [6.45, 7) is 0. The minimum absolute atomic E-state index is 0.256. The Balaban J connectivity index is 2.79. The Labute approximate surface area is 70.2 Å². The molecular weight excluding hydrogens is 164 g/mol. The van der Waals surface area contributed by atoms with Crippen molar-refractivity contribution in [1.82, 2.24) is 0 Å². The lowest BCUT2D eigenvalue weighted by molar-refractivity contribution is -0.114. The zero-order chi connectivity index (χ0) is 8.27. The predicted octanol–water partition coefficient (Wildman–Crippen LogP) is 1.68. The summed E-state index contributed by atoms with van der Waals surface area (Å²) in [7, 11) is 0. The topological polar surface area (TPSA) is 34.1 Å². The van der Waals surface area contributed by atoms with E-state index in [-0.39, 0.29) is 5.92 Å². The molecule has 3 heteroatoms. The van der Waals surface area contributed by atoms with Crippen LogP contribution in [0.5, 0.6) is 0 Å². The Morgan fingerprint density at radius 2 is 2.45 bits per heavy atom. The van der Waals surface area contributed by atoms with Crippen LogP contribution in [0, 0.1) is 5.92 Å². The lowest BCUT2D eigenvalue weighted by atomic mass is 9.90. The fourth-order valence-electron chi connectivity index (χ4n) is 1.27. The maximum atomic E-state index is 10.7. The van der Waals surface area contributed by atoms with Crippen LogP contribution in [0.25, 0.3) is 0 Å². The molecule has 0 spiro atoms. The van der Waals surface area contributed by atoms with Gasteiger partial charge in [0, 0.05) is 11.5 Å². The normalized spacial score (nSPS) is 24.1. The maximum absolute atomic E-state index is 10.7. The van der Waals surface area contributed by atoms with Crippen molar-refractivity contribution in [3.63, 3.8) is 0 Å². The van der Waals surface area contributed by atoms with Crippen LogP contribution in [0.3, 0.4) is 0 Å². The maximum Gasteiger partial charge on any atom is 0.248 e. The monoisotopic (exact) mass is 172 g/mol. The summed E-state index contributed by atoms with van der Waals surface area (Å²) in [5.74, 6) is -0.256. The Hall–Kier alpha value is -0.630. The molecule has 1 rings (SSSR count). The molecule has 0 aliphatic heterocycles. The molecule has 0 bridgehead atoms. The molecule has 11 heavy (non-hydrogen) atoms. The highest BCUT2D eigenvalue weighted by Crippen LogP contribution is 2.24. The number of rotatable bonds is 2. The molecule has 1 unspecified atom stereocenters. The first-order valence-electron chi connectivity index (χ1n) is 3.61. The zero-order valence-electron chi connectivity index (χ0n) is 6.05. The van der Waals surface area contributed by atoms with Gasteiger partial charge in [0.2, 0.25) is 5.24 Å². The molecule has 0 fully saturated rings. The molecule has 0 N–H and O–H groups in total. The molecule has 60 valence electrons. The highest BCUT2D eigenvalue weighted by molar-refractivity contribution is 6.67. The summed E-state index contributed by atoms with van der Waals surface area (Å²) in [4.78, 5) is 21.1. The first-order valence-corrected chi connectivity index (χ1v) is 3.98. The average Bonchev–Trinajstić information content (AvgIpc) is 2.04. The van der Waals surface area contributed by atoms with Gasteiger partial charge >= 0.3 is 0 Å². The fraction of sp³-hybridized carbons (Fsp3) is 0.500. The quantitative estimate of drug-likeness (QED) is 0.469. The van der Waals surface area contributed by atoms with E-state index in [1.165, 1.54) is 0 Å². The van der Waals surface area contributed by atoms with E-state index in [4.69, 9.17) is 11.6 Å². The van der Waals surface area contributed by atoms with Gasteiger partial charge in [0.05, 0.1) is 0 Å². The van der Waals surface area contributed by atoms with Gasteiger partial charge in [-0.3, -0.25) is 4.79 Å². The number of hydrogen-bond donors (Lipinski definition) is 0. The van der Waals surface area contributed by atoms with Crippen molar-refractivity contribution in [2.24, 2.45) is 5.92 Å². The summed E-state index contributed by atoms with van der Waals surface area (Å²) in [5.41, 5.74) is 0.480. The van der Waals surface area contributed by atoms with Crippen LogP contribution in [-0.2, 0) is 9.59 Å². The second-order valence-corrected chi connectivity index (χ2v) is 2.95. The second-order valence-electron chi connectivity index (χ2n) is 2.61. The largest absolute Gasteiger partial charge is 0.303 e. The van der Waals surface area contributed by atoms with E-state index in [2.05, 4.69) is 0 Å². The van der Waals surface area contributed by atoms with Crippen molar-refractivity contribution in [3.8, 4) is 0 Å². The van der Waals surface area contributed by atoms with Crippen LogP contribution >= 0.6 is 11.6 Å². The number of halogens is 1. The van der Waals surface area contributed by atoms with Crippen LogP contribution in [0.4, 0.5) is 0 Å². The first kappa shape index (κ1) is 8.47. The van der Waals surface area contributed by atoms with Crippen LogP contribution in [0.1, 0.15) is 19.3 Å². The van der Waals surface area contributed by atoms with Crippen molar-refractivity contribution in [2.75, 3.05) is 0 Å². The average molecular weight is 173 g/mol. The van der Waals surface area contributed by atoms with Gasteiger partial charge < -0.3 is 4.79 Å². The third kappa shape index (κ3) is 1.90. The molecule has 1 aliphatic rings. The SMILES string of the molecule is O=CC1CCCC=C1C(=O)Cl. The predicted molar refractivity (Wildman–Crippen MR) is 42.3 cm³/mol. The molecule has 1 atom stereocenters. The standard InChI is InChI=1S/C8H9ClO2/c9-8(11)7-4-2-1-3-6(7)5-10/h4-6H,1-3H2. The number of carbonyl (C=O) groups is 2. The highest BCUT2D eigenvalue weighted by atomic mass is 35.5. The molecule has 0 saturated carbocycles. The molecule has 0 amide bonds. The number of allylic oxidation sites excluding steroid dienone is 2. The van der Waals surface area contributed by atoms with Gasteiger partial charge in [0.1, 0.15) is 6.29 Å². The Morgan fingerprint density at radius 1 is 1.73 bits per heavy atom. The molecule has 0 saturated heterocycles. The van der Waals surface area contributed by atoms with Crippen molar-refractivity contribution >= 4 is 23.1 Å². The zero-order valence-corrected chi connectivity index (χ0v) is 6.80. The Morgan fingerprint density at radius 3 is 2.91 bits per heavy atom. The molecular formula is C8H9ClO2. The van der Waals surface area contributed by atoms with Gasteiger partial charge in [-0.1, -0.05) is 6.08 Å². The van der Waals surface area contributed by atoms with Crippen LogP contribution in [-0.4, -0.2) is 11.5 Å². The molecule has 2 nitrogen and oxygen atoms in total. The van der Waals surface area contributed by atoms with Crippen molar-refractivity contribution < 1.29 is 9.59 Å². The highest BCUT2D eigenvalue weighted by Gasteiger charge is 2.20. The number of carbonyl (C=O) groups excluding carboxylic acids is 2. The summed E-state index contributed by atoms with van der Waals surface area (Å²) in [6.07, 6.45) is 5.15. The van der Waals surface area contributed by atoms with Gasteiger partial charge in [-0.25, -0.2) is 0 Å². The molecule has 0 radical (unpaired) electrons. The summed E-state index contributed by atoms with van der Waals surface area (Å²) < 4.78 is 0. The summed E-state index contributed by atoms with van der Waals surface area (Å²) >= 11 is 5.26. The summed E-state index contributed by atoms with van der Waals surface area (Å²) in [5, 5.41) is -0.484. The van der Waals surface area contributed by atoms with E-state index in [1.54, 1.807) is 6.08 Å². The smallest absolute Gasteiger partial charge is 0.248 e. The van der Waals surface area contributed by atoms with Crippen LogP contribution in [0.2, 0.25) is 0 Å². The van der Waals surface area contributed by atoms with Gasteiger partial charge in [0.25, 0.3) is 0 Å². The lowest BCUT2D eigenvalue weighted by Crippen LogP contribution is -2.14. The van der Waals surface area contributed by atoms with Crippen molar-refractivity contribution in [2.45, 2.75) is 19.3 Å². The first-order chi connectivity index (χ1) is 5.25. The third-order valence-electron chi connectivity index (χ3n) is 1.87. The minimum atomic E-state index is -0.484. The third-order valence-corrected chi connectivity index (χ3v) is 2.09. The van der Waals surface area contributed by atoms with E-state index in [0.29, 0.717) is 5.57 Å². The second kappa shape index (κ2) is 3.67. The minimum Gasteiger partial charge on any atom is -0.303 e. The van der Waals surface area contributed by atoms with E-state index in [9.17, 15) is 9.59 Å². The van der Waals surface area contributed by atoms with Gasteiger partial charge in [-0.2, -0.15) is 0 Å². The van der Waals surface area contributed by atoms with Crippen LogP contribution in [0.15, 0.2) is 11.6 Å². The van der Waals surface area contributed by atoms with Crippen molar-refractivity contribution in [1.29, 1.82) is 0 Å². The molecule has 0 aromatic heterocycles. The Kier molecular flexibility index (Phi) is 2.83. The van der Waals surface area contributed by atoms with Gasteiger partial charge in [0.15, 0.2) is 0 Å². The fourth-order valence-corrected chi connectivity index (χ4v) is 1.49. The number of hydrogen-bond acceptors (Lipinski definition) is 2. The van der Waals surface area contributed by atoms with Gasteiger partial charge in [-0.05, 0) is 30.9 Å². The van der Waals surface area contributed by atoms with Gasteiger partial charge in [-0.15, -0.1) is 0 Å². The molecule has 1 aliphatic carbocycles. The lowest BCUT2D eigenvalue weighted by Gasteiger charge is -2.15. The van der Waals surface area contributed by atoms with Crippen molar-refractivity contribution in [3.05, 3.63) is 11.6 Å². The van der Waals surface area contributed by atoms with E-state index < -0.39 is 5.24 Å². The molecule has 0 heterocycles.